The summed E-state index contributed by atoms with van der Waals surface area (Å²) in [6.45, 7) is 0. The number of nitrogens with zero attached hydrogens (tertiary/aromatic N) is 2. The largest absolute Gasteiger partial charge is 0.421 e. The highest BCUT2D eigenvalue weighted by Gasteiger charge is 2.35. The number of hydrogen-bond donors (Lipinski definition) is 4. The molecule has 1 aromatic heterocycles. The second-order valence-electron chi connectivity index (χ2n) is 4.43. The third-order valence-electron chi connectivity index (χ3n) is 2.90. The Morgan fingerprint density at radius 1 is 1.30 bits per heavy atom. The molecule has 0 saturated heterocycles. The highest BCUT2D eigenvalue weighted by atomic mass is 19.4. The van der Waals surface area contributed by atoms with Crippen molar-refractivity contribution in [3.8, 4) is 0 Å². The average Bonchev–Trinajstić information content (AvgIpc) is 2.45. The van der Waals surface area contributed by atoms with Crippen molar-refractivity contribution >= 4 is 29.4 Å². The van der Waals surface area contributed by atoms with Gasteiger partial charge in [0, 0.05) is 30.7 Å². The van der Waals surface area contributed by atoms with Gasteiger partial charge in [0.05, 0.1) is 5.69 Å². The molecule has 6 nitrogen and oxygen atoms in total. The van der Waals surface area contributed by atoms with E-state index in [0.717, 1.165) is 18.3 Å². The molecule has 122 valence electrons. The van der Waals surface area contributed by atoms with E-state index < -0.39 is 23.4 Å². The first-order chi connectivity index (χ1) is 10.8. The summed E-state index contributed by atoms with van der Waals surface area (Å²) in [6.07, 6.45) is -3.12. The molecule has 0 bridgehead atoms. The van der Waals surface area contributed by atoms with Gasteiger partial charge in [-0.15, -0.1) is 0 Å². The van der Waals surface area contributed by atoms with Gasteiger partial charge in [0.25, 0.3) is 0 Å². The fourth-order valence-corrected chi connectivity index (χ4v) is 1.86. The highest BCUT2D eigenvalue weighted by molar-refractivity contribution is 5.93. The minimum Gasteiger partial charge on any atom is -0.398 e. The first kappa shape index (κ1) is 16.5. The smallest absolute Gasteiger partial charge is 0.398 e. The van der Waals surface area contributed by atoms with Gasteiger partial charge in [0.15, 0.2) is 0 Å². The topological polar surface area (TPSA) is 99.7 Å². The van der Waals surface area contributed by atoms with Crippen molar-refractivity contribution in [2.45, 2.75) is 6.18 Å². The number of nitrogens with one attached hydrogen (secondary N) is 3. The van der Waals surface area contributed by atoms with Crippen molar-refractivity contribution in [3.63, 3.8) is 0 Å². The van der Waals surface area contributed by atoms with Crippen LogP contribution in [0.15, 0.2) is 18.3 Å². The Labute approximate surface area is 128 Å². The monoisotopic (exact) mass is 328 g/mol. The number of anilines is 4. The molecule has 0 aliphatic heterocycles. The van der Waals surface area contributed by atoms with Gasteiger partial charge < -0.3 is 21.8 Å². The molecule has 0 fully saturated rings. The third-order valence-corrected chi connectivity index (χ3v) is 2.90. The Balaban J connectivity index is 2.44. The standard InChI is InChI=1S/C13H12F4N6/c1-20-11-8(13(15,16)17)5-21-12(23-11)22-10-3-6(14)2-9(19)7(10)4-18/h2-5,18H,19H2,1H3,(H2,20,21,22,23). The van der Waals surface area contributed by atoms with E-state index in [1.807, 2.05) is 0 Å². The molecule has 0 atom stereocenters. The van der Waals surface area contributed by atoms with E-state index in [1.54, 1.807) is 0 Å². The first-order valence-corrected chi connectivity index (χ1v) is 6.24. The number of alkyl halides is 3. The number of halogens is 4. The van der Waals surface area contributed by atoms with Crippen LogP contribution in [0.3, 0.4) is 0 Å². The third kappa shape index (κ3) is 3.47. The van der Waals surface area contributed by atoms with E-state index >= 15 is 0 Å². The van der Waals surface area contributed by atoms with Crippen LogP contribution in [0.2, 0.25) is 0 Å². The number of hydrogen-bond acceptors (Lipinski definition) is 6. The fraction of sp³-hybridized carbons (Fsp3) is 0.154. The maximum Gasteiger partial charge on any atom is 0.421 e. The molecule has 5 N–H and O–H groups in total. The van der Waals surface area contributed by atoms with E-state index in [0.29, 0.717) is 6.20 Å². The molecule has 23 heavy (non-hydrogen) atoms. The number of benzene rings is 1. The maximum atomic E-state index is 13.4. The van der Waals surface area contributed by atoms with Gasteiger partial charge in [-0.05, 0) is 12.1 Å². The molecule has 2 rings (SSSR count). The molecular weight excluding hydrogens is 316 g/mol. The van der Waals surface area contributed by atoms with Crippen LogP contribution < -0.4 is 16.4 Å². The zero-order valence-corrected chi connectivity index (χ0v) is 11.8. The lowest BCUT2D eigenvalue weighted by atomic mass is 10.1. The Kier molecular flexibility index (Phi) is 4.34. The summed E-state index contributed by atoms with van der Waals surface area (Å²) in [5, 5.41) is 12.2. The Hall–Kier alpha value is -2.91. The lowest BCUT2D eigenvalue weighted by Crippen LogP contribution is -2.13. The lowest BCUT2D eigenvalue weighted by molar-refractivity contribution is -0.137. The number of nitrogens with two attached hydrogens (primary N) is 1. The second kappa shape index (κ2) is 6.07. The number of aromatic nitrogens is 2. The van der Waals surface area contributed by atoms with Gasteiger partial charge in [-0.1, -0.05) is 0 Å². The van der Waals surface area contributed by atoms with Crippen LogP contribution in [0.5, 0.6) is 0 Å². The minimum absolute atomic E-state index is 0.00301. The molecule has 0 saturated carbocycles. The van der Waals surface area contributed by atoms with E-state index in [9.17, 15) is 17.6 Å². The number of rotatable bonds is 4. The summed E-state index contributed by atoms with van der Waals surface area (Å²) in [5.74, 6) is -1.30. The van der Waals surface area contributed by atoms with Crippen LogP contribution in [0, 0.1) is 11.2 Å². The van der Waals surface area contributed by atoms with Gasteiger partial charge >= 0.3 is 6.18 Å². The second-order valence-corrected chi connectivity index (χ2v) is 4.43. The summed E-state index contributed by atoms with van der Waals surface area (Å²) in [7, 11) is 1.28. The van der Waals surface area contributed by atoms with E-state index in [4.69, 9.17) is 11.1 Å². The average molecular weight is 328 g/mol. The molecular formula is C13H12F4N6. The van der Waals surface area contributed by atoms with E-state index in [-0.39, 0.29) is 22.9 Å². The fourth-order valence-electron chi connectivity index (χ4n) is 1.86. The molecule has 0 unspecified atom stereocenters. The Morgan fingerprint density at radius 3 is 2.57 bits per heavy atom. The summed E-state index contributed by atoms with van der Waals surface area (Å²) in [4.78, 5) is 7.26. The van der Waals surface area contributed by atoms with Crippen molar-refractivity contribution in [2.24, 2.45) is 0 Å². The molecule has 1 heterocycles. The highest BCUT2D eigenvalue weighted by Crippen LogP contribution is 2.34. The van der Waals surface area contributed by atoms with Crippen LogP contribution >= 0.6 is 0 Å². The predicted molar refractivity (Wildman–Crippen MR) is 78.6 cm³/mol. The molecule has 2 aromatic rings. The van der Waals surface area contributed by atoms with Crippen molar-refractivity contribution in [1.29, 1.82) is 5.41 Å². The summed E-state index contributed by atoms with van der Waals surface area (Å²) >= 11 is 0. The van der Waals surface area contributed by atoms with Gasteiger partial charge in [0.1, 0.15) is 17.2 Å². The van der Waals surface area contributed by atoms with Gasteiger partial charge in [-0.2, -0.15) is 18.2 Å². The summed E-state index contributed by atoms with van der Waals surface area (Å²) in [5.41, 5.74) is 4.80. The van der Waals surface area contributed by atoms with Crippen molar-refractivity contribution in [2.75, 3.05) is 23.4 Å². The normalized spacial score (nSPS) is 11.2. The minimum atomic E-state index is -4.61. The summed E-state index contributed by atoms with van der Waals surface area (Å²) in [6, 6.07) is 2.06. The maximum absolute atomic E-state index is 13.4. The Morgan fingerprint density at radius 2 is 2.00 bits per heavy atom. The van der Waals surface area contributed by atoms with Crippen LogP contribution in [0.25, 0.3) is 0 Å². The molecule has 0 aliphatic carbocycles. The molecule has 1 aromatic carbocycles. The molecule has 0 radical (unpaired) electrons. The lowest BCUT2D eigenvalue weighted by Gasteiger charge is -2.14. The molecule has 0 amide bonds. The SMILES string of the molecule is CNc1nc(Nc2cc(F)cc(N)c2C=N)ncc1C(F)(F)F. The van der Waals surface area contributed by atoms with Gasteiger partial charge in [-0.3, -0.25) is 0 Å². The first-order valence-electron chi connectivity index (χ1n) is 6.24. The number of nitrogen functional groups attached to an aromatic ring is 1. The van der Waals surface area contributed by atoms with Gasteiger partial charge in [-0.25, -0.2) is 9.37 Å². The van der Waals surface area contributed by atoms with Crippen LogP contribution in [0.1, 0.15) is 11.1 Å². The van der Waals surface area contributed by atoms with Crippen molar-refractivity contribution < 1.29 is 17.6 Å². The zero-order chi connectivity index (χ0) is 17.2. The van der Waals surface area contributed by atoms with E-state index in [2.05, 4.69) is 20.6 Å². The van der Waals surface area contributed by atoms with E-state index in [1.165, 1.54) is 7.05 Å². The van der Waals surface area contributed by atoms with Crippen LogP contribution in [-0.4, -0.2) is 23.2 Å². The Bertz CT molecular complexity index is 744. The molecule has 0 spiro atoms. The van der Waals surface area contributed by atoms with Gasteiger partial charge in [0.2, 0.25) is 5.95 Å². The predicted octanol–water partition coefficient (Wildman–Crippen LogP) is 3.00. The van der Waals surface area contributed by atoms with Crippen molar-refractivity contribution in [1.82, 2.24) is 9.97 Å². The van der Waals surface area contributed by atoms with Crippen molar-refractivity contribution in [3.05, 3.63) is 35.3 Å². The molecule has 10 heteroatoms. The summed E-state index contributed by atoms with van der Waals surface area (Å²) < 4.78 is 51.8. The quantitative estimate of drug-likeness (QED) is 0.393. The van der Waals surface area contributed by atoms with Crippen LogP contribution in [0.4, 0.5) is 40.7 Å². The molecule has 0 aliphatic rings. The van der Waals surface area contributed by atoms with Crippen LogP contribution in [-0.2, 0) is 6.18 Å². The zero-order valence-electron chi connectivity index (χ0n) is 11.8.